The lowest BCUT2D eigenvalue weighted by Gasteiger charge is -2.09. The maximum atomic E-state index is 12.3. The van der Waals surface area contributed by atoms with E-state index in [9.17, 15) is 9.59 Å². The number of nitrogens with one attached hydrogen (secondary N) is 1. The molecule has 1 heterocycles. The SMILES string of the molecule is Cc1ccc(NC(=O)Cn2c(C)c(C=O)c3ccccc32)cc1. The lowest BCUT2D eigenvalue weighted by molar-refractivity contribution is -0.116. The van der Waals surface area contributed by atoms with E-state index in [1.807, 2.05) is 66.9 Å². The van der Waals surface area contributed by atoms with Crippen LogP contribution in [-0.4, -0.2) is 16.8 Å². The van der Waals surface area contributed by atoms with Crippen LogP contribution in [0.2, 0.25) is 0 Å². The van der Waals surface area contributed by atoms with Crippen LogP contribution in [0.3, 0.4) is 0 Å². The van der Waals surface area contributed by atoms with Gasteiger partial charge in [0.15, 0.2) is 6.29 Å². The van der Waals surface area contributed by atoms with Crippen molar-refractivity contribution >= 4 is 28.8 Å². The van der Waals surface area contributed by atoms with Gasteiger partial charge in [-0.1, -0.05) is 35.9 Å². The van der Waals surface area contributed by atoms with Crippen molar-refractivity contribution in [3.63, 3.8) is 0 Å². The van der Waals surface area contributed by atoms with Crippen molar-refractivity contribution < 1.29 is 9.59 Å². The molecule has 0 fully saturated rings. The van der Waals surface area contributed by atoms with Crippen LogP contribution < -0.4 is 5.32 Å². The van der Waals surface area contributed by atoms with Gasteiger partial charge in [-0.2, -0.15) is 0 Å². The molecule has 1 aromatic heterocycles. The van der Waals surface area contributed by atoms with Gasteiger partial charge in [0.25, 0.3) is 0 Å². The largest absolute Gasteiger partial charge is 0.335 e. The van der Waals surface area contributed by atoms with Crippen molar-refractivity contribution in [3.8, 4) is 0 Å². The third-order valence-electron chi connectivity index (χ3n) is 4.03. The highest BCUT2D eigenvalue weighted by atomic mass is 16.2. The van der Waals surface area contributed by atoms with Gasteiger partial charge in [0.1, 0.15) is 6.54 Å². The highest BCUT2D eigenvalue weighted by Gasteiger charge is 2.15. The first-order chi connectivity index (χ1) is 11.1. The Labute approximate surface area is 134 Å². The van der Waals surface area contributed by atoms with Crippen LogP contribution >= 0.6 is 0 Å². The van der Waals surface area contributed by atoms with E-state index < -0.39 is 0 Å². The number of benzene rings is 2. The number of carbonyl (C=O) groups is 2. The van der Waals surface area contributed by atoms with Crippen molar-refractivity contribution in [2.45, 2.75) is 20.4 Å². The van der Waals surface area contributed by atoms with Crippen LogP contribution in [0.25, 0.3) is 10.9 Å². The number of rotatable bonds is 4. The minimum atomic E-state index is -0.116. The maximum absolute atomic E-state index is 12.3. The number of aldehydes is 1. The maximum Gasteiger partial charge on any atom is 0.244 e. The first-order valence-corrected chi connectivity index (χ1v) is 7.49. The van der Waals surface area contributed by atoms with Gasteiger partial charge in [-0.05, 0) is 32.0 Å². The molecule has 0 unspecified atom stereocenters. The Morgan fingerprint density at radius 1 is 1.09 bits per heavy atom. The standard InChI is InChI=1S/C19H18N2O2/c1-13-7-9-15(10-8-13)20-19(23)11-21-14(2)17(12-22)16-5-3-4-6-18(16)21/h3-10,12H,11H2,1-2H3,(H,20,23). The van der Waals surface area contributed by atoms with Crippen molar-refractivity contribution in [1.82, 2.24) is 4.57 Å². The van der Waals surface area contributed by atoms with E-state index in [1.165, 1.54) is 0 Å². The number of aromatic nitrogens is 1. The molecule has 3 aromatic rings. The van der Waals surface area contributed by atoms with Crippen molar-refractivity contribution in [1.29, 1.82) is 0 Å². The molecule has 0 atom stereocenters. The molecule has 4 heteroatoms. The summed E-state index contributed by atoms with van der Waals surface area (Å²) in [5, 5.41) is 3.77. The van der Waals surface area contributed by atoms with Gasteiger partial charge in [0.05, 0.1) is 0 Å². The Bertz CT molecular complexity index is 876. The third kappa shape index (κ3) is 2.88. The molecule has 0 saturated carbocycles. The predicted molar refractivity (Wildman–Crippen MR) is 91.9 cm³/mol. The number of nitrogens with zero attached hydrogens (tertiary/aromatic N) is 1. The quantitative estimate of drug-likeness (QED) is 0.747. The summed E-state index contributed by atoms with van der Waals surface area (Å²) < 4.78 is 1.88. The number of aryl methyl sites for hydroxylation is 1. The molecule has 4 nitrogen and oxygen atoms in total. The molecule has 1 amide bonds. The van der Waals surface area contributed by atoms with Crippen molar-refractivity contribution in [2.24, 2.45) is 0 Å². The van der Waals surface area contributed by atoms with E-state index in [0.29, 0.717) is 5.56 Å². The topological polar surface area (TPSA) is 51.1 Å². The zero-order valence-corrected chi connectivity index (χ0v) is 13.2. The molecule has 0 aliphatic heterocycles. The first-order valence-electron chi connectivity index (χ1n) is 7.49. The van der Waals surface area contributed by atoms with E-state index in [-0.39, 0.29) is 12.5 Å². The van der Waals surface area contributed by atoms with Gasteiger partial charge in [-0.3, -0.25) is 9.59 Å². The fourth-order valence-electron chi connectivity index (χ4n) is 2.79. The number of hydrogen-bond donors (Lipinski definition) is 1. The van der Waals surface area contributed by atoms with E-state index in [1.54, 1.807) is 0 Å². The Hall–Kier alpha value is -2.88. The Morgan fingerprint density at radius 3 is 2.48 bits per heavy atom. The third-order valence-corrected chi connectivity index (χ3v) is 4.03. The minimum absolute atomic E-state index is 0.116. The van der Waals surface area contributed by atoms with Crippen LogP contribution in [0.5, 0.6) is 0 Å². The average molecular weight is 306 g/mol. The number of fused-ring (bicyclic) bond motifs is 1. The molecule has 0 bridgehead atoms. The van der Waals surface area contributed by atoms with Crippen LogP contribution in [0.15, 0.2) is 48.5 Å². The summed E-state index contributed by atoms with van der Waals surface area (Å²) >= 11 is 0. The Morgan fingerprint density at radius 2 is 1.78 bits per heavy atom. The van der Waals surface area contributed by atoms with Crippen LogP contribution in [0, 0.1) is 13.8 Å². The molecule has 116 valence electrons. The van der Waals surface area contributed by atoms with Crippen molar-refractivity contribution in [2.75, 3.05) is 5.32 Å². The van der Waals surface area contributed by atoms with Crippen molar-refractivity contribution in [3.05, 3.63) is 65.4 Å². The first kappa shape index (κ1) is 15.0. The van der Waals surface area contributed by atoms with Gasteiger partial charge >= 0.3 is 0 Å². The molecule has 0 aliphatic carbocycles. The molecule has 0 saturated heterocycles. The summed E-state index contributed by atoms with van der Waals surface area (Å²) in [7, 11) is 0. The van der Waals surface area contributed by atoms with Crippen LogP contribution in [-0.2, 0) is 11.3 Å². The summed E-state index contributed by atoms with van der Waals surface area (Å²) in [5.41, 5.74) is 4.26. The summed E-state index contributed by atoms with van der Waals surface area (Å²) in [6.45, 7) is 4.04. The van der Waals surface area contributed by atoms with Gasteiger partial charge in [-0.15, -0.1) is 0 Å². The fraction of sp³-hybridized carbons (Fsp3) is 0.158. The molecule has 0 aliphatic rings. The molecule has 0 spiro atoms. The van der Waals surface area contributed by atoms with Gasteiger partial charge in [-0.25, -0.2) is 0 Å². The second kappa shape index (κ2) is 6.08. The van der Waals surface area contributed by atoms with E-state index in [2.05, 4.69) is 5.32 Å². The average Bonchev–Trinajstić information content (AvgIpc) is 2.81. The second-order valence-corrected chi connectivity index (χ2v) is 5.63. The smallest absolute Gasteiger partial charge is 0.244 e. The van der Waals surface area contributed by atoms with Crippen LogP contribution in [0.1, 0.15) is 21.6 Å². The van der Waals surface area contributed by atoms with E-state index in [0.717, 1.165) is 34.1 Å². The summed E-state index contributed by atoms with van der Waals surface area (Å²) in [6.07, 6.45) is 0.853. The van der Waals surface area contributed by atoms with E-state index in [4.69, 9.17) is 0 Å². The van der Waals surface area contributed by atoms with Gasteiger partial charge in [0, 0.05) is 27.8 Å². The fourth-order valence-corrected chi connectivity index (χ4v) is 2.79. The van der Waals surface area contributed by atoms with Gasteiger partial charge < -0.3 is 9.88 Å². The highest BCUT2D eigenvalue weighted by molar-refractivity contribution is 6.00. The highest BCUT2D eigenvalue weighted by Crippen LogP contribution is 2.24. The monoisotopic (exact) mass is 306 g/mol. The predicted octanol–water partition coefficient (Wildman–Crippen LogP) is 3.71. The molecule has 23 heavy (non-hydrogen) atoms. The molecular formula is C19H18N2O2. The Balaban J connectivity index is 1.89. The Kier molecular flexibility index (Phi) is 3.98. The van der Waals surface area contributed by atoms with Crippen LogP contribution in [0.4, 0.5) is 5.69 Å². The second-order valence-electron chi connectivity index (χ2n) is 5.63. The molecule has 1 N–H and O–H groups in total. The lowest BCUT2D eigenvalue weighted by atomic mass is 10.1. The summed E-state index contributed by atoms with van der Waals surface area (Å²) in [6, 6.07) is 15.3. The van der Waals surface area contributed by atoms with Gasteiger partial charge in [0.2, 0.25) is 5.91 Å². The zero-order chi connectivity index (χ0) is 16.4. The minimum Gasteiger partial charge on any atom is -0.335 e. The molecule has 3 rings (SSSR count). The summed E-state index contributed by atoms with van der Waals surface area (Å²) in [4.78, 5) is 23.7. The number of anilines is 1. The molecule has 2 aromatic carbocycles. The number of carbonyl (C=O) groups excluding carboxylic acids is 2. The number of amides is 1. The zero-order valence-electron chi connectivity index (χ0n) is 13.2. The number of hydrogen-bond acceptors (Lipinski definition) is 2. The molecular weight excluding hydrogens is 288 g/mol. The van der Waals surface area contributed by atoms with E-state index >= 15 is 0 Å². The normalized spacial score (nSPS) is 10.7. The number of para-hydroxylation sites is 1. The lowest BCUT2D eigenvalue weighted by Crippen LogP contribution is -2.19. The molecule has 0 radical (unpaired) electrons. The summed E-state index contributed by atoms with van der Waals surface area (Å²) in [5.74, 6) is -0.116.